The van der Waals surface area contributed by atoms with Crippen LogP contribution in [-0.2, 0) is 4.79 Å². The van der Waals surface area contributed by atoms with Gasteiger partial charge in [0.05, 0.1) is 5.75 Å². The van der Waals surface area contributed by atoms with E-state index >= 15 is 0 Å². The molecule has 0 spiro atoms. The number of carbonyl (C=O) groups is 1. The molecule has 0 saturated heterocycles. The molecule has 1 heterocycles. The van der Waals surface area contributed by atoms with E-state index in [0.29, 0.717) is 11.0 Å². The van der Waals surface area contributed by atoms with Gasteiger partial charge in [-0.05, 0) is 32.4 Å². The van der Waals surface area contributed by atoms with Crippen LogP contribution in [0.5, 0.6) is 0 Å². The Bertz CT molecular complexity index is 701. The molecular weight excluding hydrogens is 378 g/mol. The number of carbonyl (C=O) groups excluding carboxylic acids is 1. The lowest BCUT2D eigenvalue weighted by atomic mass is 10.0. The maximum Gasteiger partial charge on any atom is 0.230 e. The molecule has 0 aliphatic rings. The lowest BCUT2D eigenvalue weighted by Gasteiger charge is -2.24. The van der Waals surface area contributed by atoms with Crippen LogP contribution in [0.4, 0.5) is 0 Å². The van der Waals surface area contributed by atoms with Crippen LogP contribution in [0, 0.1) is 0 Å². The molecule has 0 bridgehead atoms. The standard InChI is InChI=1S/C15H20BrN5OS/c1-4-15(2,3)18-12(22)9-23-14-20-19-13(21(14)17)10-7-5-6-8-11(10)16/h5-8H,4,9,17H2,1-3H3,(H,18,22). The topological polar surface area (TPSA) is 85.8 Å². The number of nitrogens with one attached hydrogen (secondary N) is 1. The highest BCUT2D eigenvalue weighted by molar-refractivity contribution is 9.10. The van der Waals surface area contributed by atoms with E-state index in [4.69, 9.17) is 5.84 Å². The fraction of sp³-hybridized carbons (Fsp3) is 0.400. The van der Waals surface area contributed by atoms with Crippen molar-refractivity contribution < 1.29 is 4.79 Å². The van der Waals surface area contributed by atoms with Gasteiger partial charge in [-0.3, -0.25) is 4.79 Å². The van der Waals surface area contributed by atoms with E-state index in [0.717, 1.165) is 16.5 Å². The summed E-state index contributed by atoms with van der Waals surface area (Å²) >= 11 is 4.74. The van der Waals surface area contributed by atoms with E-state index in [2.05, 4.69) is 31.4 Å². The number of rotatable bonds is 6. The lowest BCUT2D eigenvalue weighted by molar-refractivity contribution is -0.120. The van der Waals surface area contributed by atoms with Gasteiger partial charge in [0, 0.05) is 15.6 Å². The molecule has 0 unspecified atom stereocenters. The highest BCUT2D eigenvalue weighted by Gasteiger charge is 2.19. The Morgan fingerprint density at radius 2 is 2.09 bits per heavy atom. The van der Waals surface area contributed by atoms with Gasteiger partial charge in [-0.25, -0.2) is 4.68 Å². The Morgan fingerprint density at radius 1 is 1.39 bits per heavy atom. The van der Waals surface area contributed by atoms with E-state index in [1.165, 1.54) is 16.4 Å². The Balaban J connectivity index is 2.06. The SMILES string of the molecule is CCC(C)(C)NC(=O)CSc1nnc(-c2ccccc2Br)n1N. The van der Waals surface area contributed by atoms with Crippen molar-refractivity contribution in [1.29, 1.82) is 0 Å². The number of halogens is 1. The van der Waals surface area contributed by atoms with E-state index < -0.39 is 0 Å². The number of aromatic nitrogens is 3. The van der Waals surface area contributed by atoms with Crippen molar-refractivity contribution in [3.8, 4) is 11.4 Å². The largest absolute Gasteiger partial charge is 0.351 e. The van der Waals surface area contributed by atoms with Crippen LogP contribution >= 0.6 is 27.7 Å². The van der Waals surface area contributed by atoms with Crippen LogP contribution in [0.3, 0.4) is 0 Å². The zero-order chi connectivity index (χ0) is 17.0. The molecule has 2 rings (SSSR count). The molecule has 8 heteroatoms. The molecule has 2 aromatic rings. The molecule has 3 N–H and O–H groups in total. The summed E-state index contributed by atoms with van der Waals surface area (Å²) in [6.45, 7) is 6.02. The molecule has 0 aliphatic carbocycles. The zero-order valence-electron chi connectivity index (χ0n) is 13.3. The summed E-state index contributed by atoms with van der Waals surface area (Å²) in [5, 5.41) is 11.7. The minimum Gasteiger partial charge on any atom is -0.351 e. The number of nitrogens with two attached hydrogens (primary N) is 1. The van der Waals surface area contributed by atoms with Gasteiger partial charge in [0.25, 0.3) is 0 Å². The predicted octanol–water partition coefficient (Wildman–Crippen LogP) is 2.82. The number of thioether (sulfide) groups is 1. The first-order chi connectivity index (χ1) is 10.8. The summed E-state index contributed by atoms with van der Waals surface area (Å²) in [5.74, 6) is 6.81. The Kier molecular flexibility index (Phi) is 5.69. The molecule has 124 valence electrons. The van der Waals surface area contributed by atoms with Crippen LogP contribution in [0.25, 0.3) is 11.4 Å². The van der Waals surface area contributed by atoms with Crippen LogP contribution < -0.4 is 11.2 Å². The van der Waals surface area contributed by atoms with Crippen molar-refractivity contribution in [2.45, 2.75) is 37.9 Å². The maximum atomic E-state index is 12.0. The van der Waals surface area contributed by atoms with Crippen LogP contribution in [0.15, 0.2) is 33.9 Å². The fourth-order valence-electron chi connectivity index (χ4n) is 1.83. The molecule has 0 aliphatic heterocycles. The van der Waals surface area contributed by atoms with Crippen LogP contribution in [0.2, 0.25) is 0 Å². The second kappa shape index (κ2) is 7.35. The van der Waals surface area contributed by atoms with Crippen molar-refractivity contribution in [3.63, 3.8) is 0 Å². The first-order valence-electron chi connectivity index (χ1n) is 7.23. The van der Waals surface area contributed by atoms with Crippen molar-refractivity contribution >= 4 is 33.6 Å². The lowest BCUT2D eigenvalue weighted by Crippen LogP contribution is -2.43. The minimum absolute atomic E-state index is 0.0488. The molecule has 0 saturated carbocycles. The van der Waals surface area contributed by atoms with E-state index in [9.17, 15) is 4.79 Å². The van der Waals surface area contributed by atoms with Crippen LogP contribution in [0.1, 0.15) is 27.2 Å². The van der Waals surface area contributed by atoms with Crippen molar-refractivity contribution in [2.75, 3.05) is 11.6 Å². The van der Waals surface area contributed by atoms with Gasteiger partial charge in [0.1, 0.15) is 0 Å². The second-order valence-corrected chi connectivity index (χ2v) is 7.53. The number of hydrogen-bond donors (Lipinski definition) is 2. The summed E-state index contributed by atoms with van der Waals surface area (Å²) in [6, 6.07) is 7.64. The van der Waals surface area contributed by atoms with Crippen molar-refractivity contribution in [3.05, 3.63) is 28.7 Å². The highest BCUT2D eigenvalue weighted by atomic mass is 79.9. The third-order valence-electron chi connectivity index (χ3n) is 3.47. The van der Waals surface area contributed by atoms with Gasteiger partial charge in [0.15, 0.2) is 5.82 Å². The Morgan fingerprint density at radius 3 is 2.74 bits per heavy atom. The summed E-state index contributed by atoms with van der Waals surface area (Å²) in [5.41, 5.74) is 0.639. The molecule has 6 nitrogen and oxygen atoms in total. The van der Waals surface area contributed by atoms with Gasteiger partial charge in [-0.2, -0.15) is 0 Å². The Hall–Kier alpha value is -1.54. The maximum absolute atomic E-state index is 12.0. The van der Waals surface area contributed by atoms with Gasteiger partial charge in [-0.1, -0.05) is 46.7 Å². The third-order valence-corrected chi connectivity index (χ3v) is 5.11. The Labute approximate surface area is 148 Å². The predicted molar refractivity (Wildman–Crippen MR) is 96.5 cm³/mol. The zero-order valence-corrected chi connectivity index (χ0v) is 15.7. The second-order valence-electron chi connectivity index (χ2n) is 5.73. The summed E-state index contributed by atoms with van der Waals surface area (Å²) in [6.07, 6.45) is 0.864. The number of nitrogens with zero attached hydrogens (tertiary/aromatic N) is 3. The number of nitrogen functional groups attached to an aromatic ring is 1. The fourth-order valence-corrected chi connectivity index (χ4v) is 2.95. The third kappa shape index (κ3) is 4.48. The number of hydrogen-bond acceptors (Lipinski definition) is 5. The first kappa shape index (κ1) is 17.8. The normalized spacial score (nSPS) is 11.5. The van der Waals surface area contributed by atoms with Gasteiger partial charge < -0.3 is 11.2 Å². The van der Waals surface area contributed by atoms with Gasteiger partial charge in [0.2, 0.25) is 11.1 Å². The van der Waals surface area contributed by atoms with Gasteiger partial charge in [-0.15, -0.1) is 10.2 Å². The van der Waals surface area contributed by atoms with E-state index in [-0.39, 0.29) is 17.2 Å². The molecule has 0 fully saturated rings. The number of benzene rings is 1. The average Bonchev–Trinajstić information content (AvgIpc) is 2.86. The molecular formula is C15H20BrN5OS. The highest BCUT2D eigenvalue weighted by Crippen LogP contribution is 2.27. The first-order valence-corrected chi connectivity index (χ1v) is 9.01. The minimum atomic E-state index is -0.214. The van der Waals surface area contributed by atoms with Crippen molar-refractivity contribution in [1.82, 2.24) is 20.2 Å². The van der Waals surface area contributed by atoms with Crippen LogP contribution in [-0.4, -0.2) is 32.1 Å². The summed E-state index contributed by atoms with van der Waals surface area (Å²) < 4.78 is 2.29. The quantitative estimate of drug-likeness (QED) is 0.577. The molecule has 1 aromatic carbocycles. The van der Waals surface area contributed by atoms with Gasteiger partial charge >= 0.3 is 0 Å². The summed E-state index contributed by atoms with van der Waals surface area (Å²) in [7, 11) is 0. The molecule has 0 atom stereocenters. The van der Waals surface area contributed by atoms with Crippen molar-refractivity contribution in [2.24, 2.45) is 0 Å². The average molecular weight is 398 g/mol. The monoisotopic (exact) mass is 397 g/mol. The van der Waals surface area contributed by atoms with E-state index in [1.54, 1.807) is 0 Å². The molecule has 1 amide bonds. The molecule has 23 heavy (non-hydrogen) atoms. The molecule has 0 radical (unpaired) electrons. The van der Waals surface area contributed by atoms with E-state index in [1.807, 2.05) is 45.0 Å². The summed E-state index contributed by atoms with van der Waals surface area (Å²) in [4.78, 5) is 12.0. The number of amides is 1. The smallest absolute Gasteiger partial charge is 0.230 e. The molecule has 1 aromatic heterocycles.